The summed E-state index contributed by atoms with van der Waals surface area (Å²) in [6.45, 7) is 8.59. The van der Waals surface area contributed by atoms with Crippen LogP contribution in [0.5, 0.6) is 0 Å². The van der Waals surface area contributed by atoms with Crippen molar-refractivity contribution in [2.75, 3.05) is 6.54 Å². The first-order chi connectivity index (χ1) is 9.40. The van der Waals surface area contributed by atoms with Crippen LogP contribution in [0.15, 0.2) is 12.3 Å². The molecule has 1 amide bonds. The van der Waals surface area contributed by atoms with Crippen LogP contribution in [0.25, 0.3) is 11.2 Å². The maximum Gasteiger partial charge on any atom is 0.242 e. The molecule has 2 aromatic heterocycles. The summed E-state index contributed by atoms with van der Waals surface area (Å²) in [5.41, 5.74) is 2.63. The highest BCUT2D eigenvalue weighted by Crippen LogP contribution is 2.18. The van der Waals surface area contributed by atoms with Crippen LogP contribution in [0.3, 0.4) is 0 Å². The summed E-state index contributed by atoms with van der Waals surface area (Å²) < 4.78 is 2.28. The first-order valence-electron chi connectivity index (χ1n) is 6.74. The van der Waals surface area contributed by atoms with Gasteiger partial charge in [-0.15, -0.1) is 0 Å². The zero-order valence-electron chi connectivity index (χ0n) is 12.2. The lowest BCUT2D eigenvalue weighted by molar-refractivity contribution is -0.123. The van der Waals surface area contributed by atoms with Gasteiger partial charge < -0.3 is 10.3 Å². The number of amides is 1. The monoisotopic (exact) mass is 292 g/mol. The highest BCUT2D eigenvalue weighted by molar-refractivity contribution is 7.71. The van der Waals surface area contributed by atoms with E-state index >= 15 is 0 Å². The SMILES string of the molecule is Cc1cnc2c(c1)[nH]c(=S)n2C(C)C(=O)NCC(C)C. The molecule has 0 fully saturated rings. The molecule has 20 heavy (non-hydrogen) atoms. The van der Waals surface area contributed by atoms with E-state index in [0.717, 1.165) is 11.1 Å². The van der Waals surface area contributed by atoms with E-state index in [2.05, 4.69) is 29.1 Å². The Labute approximate surface area is 123 Å². The number of aromatic nitrogens is 3. The highest BCUT2D eigenvalue weighted by Gasteiger charge is 2.19. The van der Waals surface area contributed by atoms with Crippen molar-refractivity contribution in [1.29, 1.82) is 0 Å². The van der Waals surface area contributed by atoms with E-state index in [1.54, 1.807) is 10.8 Å². The summed E-state index contributed by atoms with van der Waals surface area (Å²) in [4.78, 5) is 19.7. The number of aromatic amines is 1. The van der Waals surface area contributed by atoms with Gasteiger partial charge in [-0.05, 0) is 43.6 Å². The minimum Gasteiger partial charge on any atom is -0.354 e. The second-order valence-corrected chi connectivity index (χ2v) is 5.89. The normalized spacial score (nSPS) is 12.8. The zero-order valence-corrected chi connectivity index (χ0v) is 13.0. The Balaban J connectivity index is 2.34. The zero-order chi connectivity index (χ0) is 14.9. The number of nitrogens with one attached hydrogen (secondary N) is 2. The third kappa shape index (κ3) is 2.90. The van der Waals surface area contributed by atoms with Crippen molar-refractivity contribution in [1.82, 2.24) is 19.9 Å². The average Bonchev–Trinajstić information content (AvgIpc) is 2.69. The van der Waals surface area contributed by atoms with Crippen LogP contribution in [0.1, 0.15) is 32.4 Å². The summed E-state index contributed by atoms with van der Waals surface area (Å²) in [7, 11) is 0. The van der Waals surface area contributed by atoms with Crippen LogP contribution < -0.4 is 5.32 Å². The van der Waals surface area contributed by atoms with E-state index < -0.39 is 0 Å². The molecule has 0 spiro atoms. The van der Waals surface area contributed by atoms with Crippen LogP contribution in [-0.2, 0) is 4.79 Å². The van der Waals surface area contributed by atoms with Crippen molar-refractivity contribution in [2.24, 2.45) is 5.92 Å². The summed E-state index contributed by atoms with van der Waals surface area (Å²) >= 11 is 5.31. The Morgan fingerprint density at radius 2 is 2.20 bits per heavy atom. The molecule has 2 heterocycles. The van der Waals surface area contributed by atoms with Crippen LogP contribution in [0.4, 0.5) is 0 Å². The molecule has 0 aliphatic rings. The van der Waals surface area contributed by atoms with E-state index in [4.69, 9.17) is 12.2 Å². The maximum atomic E-state index is 12.2. The lowest BCUT2D eigenvalue weighted by atomic mass is 10.2. The summed E-state index contributed by atoms with van der Waals surface area (Å²) in [5.74, 6) is 0.376. The summed E-state index contributed by atoms with van der Waals surface area (Å²) in [6, 6.07) is 1.60. The van der Waals surface area contributed by atoms with Crippen LogP contribution in [-0.4, -0.2) is 27.0 Å². The number of H-pyrrole nitrogens is 1. The molecule has 108 valence electrons. The molecule has 2 N–H and O–H groups in total. The van der Waals surface area contributed by atoms with Crippen molar-refractivity contribution < 1.29 is 4.79 Å². The third-order valence-electron chi connectivity index (χ3n) is 3.14. The molecule has 0 radical (unpaired) electrons. The van der Waals surface area contributed by atoms with Gasteiger partial charge in [0.05, 0.1) is 5.52 Å². The molecule has 0 saturated carbocycles. The number of carbonyl (C=O) groups excluding carboxylic acids is 1. The molecule has 6 heteroatoms. The number of carbonyl (C=O) groups is 1. The van der Waals surface area contributed by atoms with Gasteiger partial charge in [0.15, 0.2) is 10.4 Å². The van der Waals surface area contributed by atoms with Gasteiger partial charge >= 0.3 is 0 Å². The minimum atomic E-state index is -0.384. The lowest BCUT2D eigenvalue weighted by Crippen LogP contribution is -2.33. The molecular weight excluding hydrogens is 272 g/mol. The minimum absolute atomic E-state index is 0.0434. The van der Waals surface area contributed by atoms with Gasteiger partial charge in [0.25, 0.3) is 0 Å². The molecule has 5 nitrogen and oxygen atoms in total. The number of hydrogen-bond acceptors (Lipinski definition) is 3. The van der Waals surface area contributed by atoms with Gasteiger partial charge in [-0.1, -0.05) is 13.8 Å². The Hall–Kier alpha value is -1.69. The molecular formula is C14H20N4OS. The van der Waals surface area contributed by atoms with Gasteiger partial charge in [-0.2, -0.15) is 0 Å². The number of aryl methyl sites for hydroxylation is 1. The van der Waals surface area contributed by atoms with Crippen molar-refractivity contribution in [3.8, 4) is 0 Å². The number of hydrogen-bond donors (Lipinski definition) is 2. The molecule has 2 rings (SSSR count). The number of pyridine rings is 1. The van der Waals surface area contributed by atoms with E-state index in [1.807, 2.05) is 19.9 Å². The molecule has 1 atom stereocenters. The quantitative estimate of drug-likeness (QED) is 0.852. The van der Waals surface area contributed by atoms with E-state index in [-0.39, 0.29) is 11.9 Å². The number of fused-ring (bicyclic) bond motifs is 1. The predicted octanol–water partition coefficient (Wildman–Crippen LogP) is 2.74. The Morgan fingerprint density at radius 3 is 2.85 bits per heavy atom. The molecule has 0 aromatic carbocycles. The second-order valence-electron chi connectivity index (χ2n) is 5.50. The Kier molecular flexibility index (Phi) is 4.23. The standard InChI is InChI=1S/C14H20N4OS/c1-8(2)6-16-13(19)10(4)18-12-11(17-14(18)20)5-9(3)7-15-12/h5,7-8,10H,6H2,1-4H3,(H,16,19)(H,17,20). The first kappa shape index (κ1) is 14.7. The van der Waals surface area contributed by atoms with Gasteiger partial charge in [-0.3, -0.25) is 9.36 Å². The van der Waals surface area contributed by atoms with E-state index in [9.17, 15) is 4.79 Å². The summed E-state index contributed by atoms with van der Waals surface area (Å²) in [6.07, 6.45) is 1.78. The van der Waals surface area contributed by atoms with E-state index in [1.165, 1.54) is 0 Å². The number of rotatable bonds is 4. The van der Waals surface area contributed by atoms with Crippen molar-refractivity contribution in [3.63, 3.8) is 0 Å². The smallest absolute Gasteiger partial charge is 0.242 e. The van der Waals surface area contributed by atoms with Crippen molar-refractivity contribution in [3.05, 3.63) is 22.6 Å². The lowest BCUT2D eigenvalue weighted by Gasteiger charge is -2.15. The second kappa shape index (κ2) is 5.75. The maximum absolute atomic E-state index is 12.2. The number of imidazole rings is 1. The van der Waals surface area contributed by atoms with Gasteiger partial charge in [0, 0.05) is 12.7 Å². The first-order valence-corrected chi connectivity index (χ1v) is 7.15. The van der Waals surface area contributed by atoms with Gasteiger partial charge in [0.2, 0.25) is 5.91 Å². The van der Waals surface area contributed by atoms with E-state index in [0.29, 0.717) is 22.9 Å². The predicted molar refractivity (Wildman–Crippen MR) is 82.2 cm³/mol. The largest absolute Gasteiger partial charge is 0.354 e. The van der Waals surface area contributed by atoms with Crippen molar-refractivity contribution in [2.45, 2.75) is 33.7 Å². The number of nitrogens with zero attached hydrogens (tertiary/aromatic N) is 2. The fourth-order valence-corrected chi connectivity index (χ4v) is 2.40. The molecule has 0 aliphatic heterocycles. The molecule has 2 aromatic rings. The van der Waals surface area contributed by atoms with Crippen LogP contribution in [0.2, 0.25) is 0 Å². The Bertz CT molecular complexity index is 686. The van der Waals surface area contributed by atoms with Gasteiger partial charge in [-0.25, -0.2) is 4.98 Å². The average molecular weight is 292 g/mol. The molecule has 0 bridgehead atoms. The fraction of sp³-hybridized carbons (Fsp3) is 0.500. The van der Waals surface area contributed by atoms with Crippen LogP contribution in [0, 0.1) is 17.6 Å². The van der Waals surface area contributed by atoms with Crippen molar-refractivity contribution >= 4 is 29.3 Å². The molecule has 0 aliphatic carbocycles. The molecule has 1 unspecified atom stereocenters. The highest BCUT2D eigenvalue weighted by atomic mass is 32.1. The molecule has 0 saturated heterocycles. The third-order valence-corrected chi connectivity index (χ3v) is 3.44. The Morgan fingerprint density at radius 1 is 1.50 bits per heavy atom. The van der Waals surface area contributed by atoms with Crippen LogP contribution >= 0.6 is 12.2 Å². The topological polar surface area (TPSA) is 62.7 Å². The summed E-state index contributed by atoms with van der Waals surface area (Å²) in [5, 5.41) is 2.93. The van der Waals surface area contributed by atoms with Gasteiger partial charge in [0.1, 0.15) is 6.04 Å². The fourth-order valence-electron chi connectivity index (χ4n) is 2.05.